The number of carbonyl (C=O) groups excluding carboxylic acids is 2. The van der Waals surface area contributed by atoms with Crippen molar-refractivity contribution < 1.29 is 18.7 Å². The maximum Gasteiger partial charge on any atom is 0.276 e. The number of halogens is 1. The lowest BCUT2D eigenvalue weighted by Crippen LogP contribution is -2.52. The number of methoxy groups -OCH3 is 1. The summed E-state index contributed by atoms with van der Waals surface area (Å²) in [5, 5.41) is 4.46. The number of rotatable bonds is 4. The Morgan fingerprint density at radius 2 is 1.83 bits per heavy atom. The van der Waals surface area contributed by atoms with Crippen LogP contribution in [0, 0.1) is 5.82 Å². The number of hydrazine groups is 1. The number of nitrogens with zero attached hydrogens (tertiary/aromatic N) is 1. The Labute approximate surface area is 166 Å². The summed E-state index contributed by atoms with van der Waals surface area (Å²) in [6, 6.07) is 19.4. The maximum absolute atomic E-state index is 13.4. The average Bonchev–Trinajstić information content (AvgIpc) is 2.76. The molecule has 1 aliphatic rings. The molecule has 0 saturated carbocycles. The Morgan fingerprint density at radius 3 is 2.59 bits per heavy atom. The number of anilines is 1. The van der Waals surface area contributed by atoms with Crippen LogP contribution in [0.2, 0.25) is 0 Å². The molecular formula is C22H18FN3O3. The predicted molar refractivity (Wildman–Crippen MR) is 106 cm³/mol. The molecule has 1 atom stereocenters. The van der Waals surface area contributed by atoms with E-state index in [4.69, 9.17) is 4.74 Å². The first-order valence-electron chi connectivity index (χ1n) is 8.96. The van der Waals surface area contributed by atoms with Crippen LogP contribution in [0.4, 0.5) is 10.1 Å². The van der Waals surface area contributed by atoms with Gasteiger partial charge in [0.25, 0.3) is 11.8 Å². The fourth-order valence-electron chi connectivity index (χ4n) is 3.19. The van der Waals surface area contributed by atoms with E-state index in [1.165, 1.54) is 24.3 Å². The molecule has 1 heterocycles. The molecule has 2 N–H and O–H groups in total. The number of hydrogen-bond donors (Lipinski definition) is 2. The number of ether oxygens (including phenoxy) is 1. The van der Waals surface area contributed by atoms with E-state index < -0.39 is 12.1 Å². The van der Waals surface area contributed by atoms with Crippen molar-refractivity contribution in [3.8, 4) is 5.75 Å². The van der Waals surface area contributed by atoms with Gasteiger partial charge in [-0.3, -0.25) is 15.0 Å². The van der Waals surface area contributed by atoms with E-state index in [-0.39, 0.29) is 11.7 Å². The average molecular weight is 391 g/mol. The van der Waals surface area contributed by atoms with Crippen molar-refractivity contribution in [2.24, 2.45) is 0 Å². The summed E-state index contributed by atoms with van der Waals surface area (Å²) in [5.74, 6) is -0.695. The number of carbonyl (C=O) groups is 2. The highest BCUT2D eigenvalue weighted by atomic mass is 19.1. The summed E-state index contributed by atoms with van der Waals surface area (Å²) in [7, 11) is 1.51. The van der Waals surface area contributed by atoms with Crippen molar-refractivity contribution in [2.45, 2.75) is 6.17 Å². The first-order chi connectivity index (χ1) is 14.1. The Hall–Kier alpha value is -3.87. The number of nitrogens with one attached hydrogen (secondary N) is 2. The second-order valence-electron chi connectivity index (χ2n) is 6.49. The zero-order valence-corrected chi connectivity index (χ0v) is 15.6. The van der Waals surface area contributed by atoms with Crippen molar-refractivity contribution in [3.05, 3.63) is 95.3 Å². The third-order valence-electron chi connectivity index (χ3n) is 4.67. The molecule has 146 valence electrons. The van der Waals surface area contributed by atoms with Gasteiger partial charge in [0.2, 0.25) is 0 Å². The minimum absolute atomic E-state index is 0.342. The molecule has 0 saturated heterocycles. The summed E-state index contributed by atoms with van der Waals surface area (Å²) in [4.78, 5) is 26.0. The topological polar surface area (TPSA) is 70.7 Å². The summed E-state index contributed by atoms with van der Waals surface area (Å²) >= 11 is 0. The fourth-order valence-corrected chi connectivity index (χ4v) is 3.19. The van der Waals surface area contributed by atoms with Crippen LogP contribution >= 0.6 is 0 Å². The van der Waals surface area contributed by atoms with Crippen LogP contribution in [0.3, 0.4) is 0 Å². The van der Waals surface area contributed by atoms with E-state index in [0.717, 1.165) is 0 Å². The van der Waals surface area contributed by atoms with Gasteiger partial charge in [-0.15, -0.1) is 0 Å². The van der Waals surface area contributed by atoms with E-state index >= 15 is 0 Å². The number of fused-ring (bicyclic) bond motifs is 1. The van der Waals surface area contributed by atoms with Crippen molar-refractivity contribution in [1.82, 2.24) is 10.4 Å². The predicted octanol–water partition coefficient (Wildman–Crippen LogP) is 3.75. The molecule has 7 heteroatoms. The normalized spacial score (nSPS) is 15.3. The highest BCUT2D eigenvalue weighted by Gasteiger charge is 2.34. The molecule has 0 aromatic heterocycles. The zero-order chi connectivity index (χ0) is 20.4. The Morgan fingerprint density at radius 1 is 1.07 bits per heavy atom. The van der Waals surface area contributed by atoms with Crippen molar-refractivity contribution >= 4 is 17.5 Å². The number of benzene rings is 3. The lowest BCUT2D eigenvalue weighted by atomic mass is 10.0. The molecule has 0 fully saturated rings. The quantitative estimate of drug-likeness (QED) is 0.711. The van der Waals surface area contributed by atoms with Crippen LogP contribution in [-0.2, 0) is 0 Å². The summed E-state index contributed by atoms with van der Waals surface area (Å²) in [6.07, 6.45) is -0.701. The Kier molecular flexibility index (Phi) is 4.87. The lowest BCUT2D eigenvalue weighted by Gasteiger charge is -2.37. The molecular weight excluding hydrogens is 373 g/mol. The summed E-state index contributed by atoms with van der Waals surface area (Å²) < 4.78 is 18.5. The van der Waals surface area contributed by atoms with Gasteiger partial charge in [0.15, 0.2) is 0 Å². The van der Waals surface area contributed by atoms with Crippen LogP contribution in [-0.4, -0.2) is 23.9 Å². The summed E-state index contributed by atoms with van der Waals surface area (Å²) in [5.41, 5.74) is 4.71. The second kappa shape index (κ2) is 7.63. The van der Waals surface area contributed by atoms with Gasteiger partial charge in [0, 0.05) is 11.3 Å². The number of hydrogen-bond acceptors (Lipinski definition) is 4. The molecule has 2 amide bonds. The molecule has 6 nitrogen and oxygen atoms in total. The van der Waals surface area contributed by atoms with Crippen LogP contribution in [0.15, 0.2) is 72.8 Å². The van der Waals surface area contributed by atoms with E-state index in [0.29, 0.717) is 28.1 Å². The zero-order valence-electron chi connectivity index (χ0n) is 15.6. The minimum atomic E-state index is -0.701. The Balaban J connectivity index is 1.70. The van der Waals surface area contributed by atoms with E-state index in [2.05, 4.69) is 10.7 Å². The third kappa shape index (κ3) is 3.62. The molecule has 0 spiro atoms. The van der Waals surface area contributed by atoms with Gasteiger partial charge in [-0.1, -0.05) is 30.3 Å². The molecule has 4 rings (SSSR count). The highest BCUT2D eigenvalue weighted by molar-refractivity contribution is 6.04. The van der Waals surface area contributed by atoms with Gasteiger partial charge >= 0.3 is 0 Å². The number of para-hydroxylation sites is 1. The molecule has 3 aromatic rings. The van der Waals surface area contributed by atoms with Gasteiger partial charge in [0.05, 0.1) is 12.7 Å². The molecule has 0 aliphatic carbocycles. The molecule has 3 aromatic carbocycles. The van der Waals surface area contributed by atoms with E-state index in [9.17, 15) is 14.0 Å². The van der Waals surface area contributed by atoms with Crippen LogP contribution < -0.4 is 15.5 Å². The largest absolute Gasteiger partial charge is 0.497 e. The summed E-state index contributed by atoms with van der Waals surface area (Å²) in [6.45, 7) is 0. The van der Waals surface area contributed by atoms with Gasteiger partial charge in [0.1, 0.15) is 17.7 Å². The second-order valence-corrected chi connectivity index (χ2v) is 6.49. The van der Waals surface area contributed by atoms with E-state index in [1.807, 2.05) is 6.07 Å². The molecule has 0 radical (unpaired) electrons. The first kappa shape index (κ1) is 18.5. The van der Waals surface area contributed by atoms with Crippen molar-refractivity contribution in [2.75, 3.05) is 12.4 Å². The first-order valence-corrected chi connectivity index (χ1v) is 8.96. The van der Waals surface area contributed by atoms with Crippen LogP contribution in [0.25, 0.3) is 0 Å². The standard InChI is InChI=1S/C22H18FN3O3/c1-29-17-6-4-5-15(13-17)21(27)25-26-20(14-9-11-16(23)12-10-14)24-19-8-3-2-7-18(19)22(26)28/h2-13,20,24H,1H3,(H,25,27). The molecule has 29 heavy (non-hydrogen) atoms. The molecule has 0 bridgehead atoms. The van der Waals surface area contributed by atoms with Gasteiger partial charge in [-0.25, -0.2) is 9.40 Å². The SMILES string of the molecule is COc1cccc(C(=O)NN2C(=O)c3ccccc3NC2c2ccc(F)cc2)c1. The maximum atomic E-state index is 13.4. The van der Waals surface area contributed by atoms with Gasteiger partial charge in [-0.2, -0.15) is 0 Å². The third-order valence-corrected chi connectivity index (χ3v) is 4.67. The number of amides is 2. The van der Waals surface area contributed by atoms with Gasteiger partial charge in [-0.05, 0) is 48.0 Å². The minimum Gasteiger partial charge on any atom is -0.497 e. The van der Waals surface area contributed by atoms with Gasteiger partial charge < -0.3 is 10.1 Å². The van der Waals surface area contributed by atoms with Crippen LogP contribution in [0.1, 0.15) is 32.4 Å². The smallest absolute Gasteiger partial charge is 0.276 e. The van der Waals surface area contributed by atoms with Crippen LogP contribution in [0.5, 0.6) is 5.75 Å². The molecule has 1 unspecified atom stereocenters. The lowest BCUT2D eigenvalue weighted by molar-refractivity contribution is 0.0491. The van der Waals surface area contributed by atoms with Crippen molar-refractivity contribution in [1.29, 1.82) is 0 Å². The Bertz CT molecular complexity index is 1070. The van der Waals surface area contributed by atoms with Crippen molar-refractivity contribution in [3.63, 3.8) is 0 Å². The molecule has 1 aliphatic heterocycles. The van der Waals surface area contributed by atoms with E-state index in [1.54, 1.807) is 54.6 Å². The highest BCUT2D eigenvalue weighted by Crippen LogP contribution is 2.32. The monoisotopic (exact) mass is 391 g/mol. The fraction of sp³-hybridized carbons (Fsp3) is 0.0909.